The maximum atomic E-state index is 13.7. The summed E-state index contributed by atoms with van der Waals surface area (Å²) in [7, 11) is 0. The zero-order valence-electron chi connectivity index (χ0n) is 12.9. The number of hydrogen-bond acceptors (Lipinski definition) is 4. The summed E-state index contributed by atoms with van der Waals surface area (Å²) in [6.45, 7) is 1.62. The molecule has 0 bridgehead atoms. The molecule has 0 unspecified atom stereocenters. The fraction of sp³-hybridized carbons (Fsp3) is 0.400. The molecule has 9 heteroatoms. The minimum absolute atomic E-state index is 0.0458. The van der Waals surface area contributed by atoms with Gasteiger partial charge in [-0.15, -0.1) is 5.10 Å². The molecule has 0 saturated heterocycles. The second-order valence-corrected chi connectivity index (χ2v) is 6.60. The molecule has 2 aromatic rings. The lowest BCUT2D eigenvalue weighted by Crippen LogP contribution is -2.29. The highest BCUT2D eigenvalue weighted by atomic mass is 32.2. The first kappa shape index (κ1) is 16.7. The van der Waals surface area contributed by atoms with Crippen molar-refractivity contribution in [2.75, 3.05) is 5.75 Å². The van der Waals surface area contributed by atoms with Crippen molar-refractivity contribution < 1.29 is 13.6 Å². The fourth-order valence-corrected chi connectivity index (χ4v) is 3.22. The van der Waals surface area contributed by atoms with Crippen molar-refractivity contribution in [2.24, 2.45) is 0 Å². The molecule has 1 heterocycles. The first-order valence-corrected chi connectivity index (χ1v) is 8.48. The maximum Gasteiger partial charge on any atom is 0.344 e. The van der Waals surface area contributed by atoms with Crippen LogP contribution in [0.3, 0.4) is 0 Å². The van der Waals surface area contributed by atoms with Gasteiger partial charge in [0.15, 0.2) is 5.16 Å². The molecule has 1 amide bonds. The number of benzene rings is 1. The average Bonchev–Trinajstić information content (AvgIpc) is 3.28. The van der Waals surface area contributed by atoms with Crippen LogP contribution in [-0.2, 0) is 4.79 Å². The highest BCUT2D eigenvalue weighted by Crippen LogP contribution is 2.35. The zero-order chi connectivity index (χ0) is 17.3. The van der Waals surface area contributed by atoms with E-state index in [1.807, 2.05) is 0 Å². The molecule has 6 nitrogen and oxygen atoms in total. The van der Waals surface area contributed by atoms with Crippen molar-refractivity contribution in [1.82, 2.24) is 20.1 Å². The molecule has 1 aliphatic carbocycles. The van der Waals surface area contributed by atoms with Crippen LogP contribution in [0.15, 0.2) is 28.2 Å². The number of nitrogens with one attached hydrogen (secondary N) is 2. The molecule has 1 fully saturated rings. The third-order valence-corrected chi connectivity index (χ3v) is 4.68. The first-order chi connectivity index (χ1) is 11.5. The topological polar surface area (TPSA) is 79.8 Å². The van der Waals surface area contributed by atoms with Crippen LogP contribution in [0.4, 0.5) is 8.78 Å². The molecule has 1 aliphatic rings. The monoisotopic (exact) mass is 354 g/mol. The summed E-state index contributed by atoms with van der Waals surface area (Å²) in [6, 6.07) is 2.80. The van der Waals surface area contributed by atoms with Crippen LogP contribution in [0.25, 0.3) is 0 Å². The molecule has 128 valence electrons. The Kier molecular flexibility index (Phi) is 4.70. The van der Waals surface area contributed by atoms with Crippen LogP contribution >= 0.6 is 11.8 Å². The van der Waals surface area contributed by atoms with Crippen LogP contribution < -0.4 is 11.0 Å². The second kappa shape index (κ2) is 6.76. The highest BCUT2D eigenvalue weighted by Gasteiger charge is 2.28. The lowest BCUT2D eigenvalue weighted by Gasteiger charge is -2.15. The molecule has 1 saturated carbocycles. The fourth-order valence-electron chi connectivity index (χ4n) is 2.39. The maximum absolute atomic E-state index is 13.7. The normalized spacial score (nSPS) is 15.3. The lowest BCUT2D eigenvalue weighted by molar-refractivity contribution is -0.119. The number of thioether (sulfide) groups is 1. The number of rotatable bonds is 6. The quantitative estimate of drug-likeness (QED) is 0.779. The minimum atomic E-state index is -0.703. The smallest absolute Gasteiger partial charge is 0.344 e. The van der Waals surface area contributed by atoms with E-state index in [1.54, 1.807) is 11.5 Å². The molecular weight excluding hydrogens is 338 g/mol. The summed E-state index contributed by atoms with van der Waals surface area (Å²) in [5.74, 6) is -1.65. The molecule has 0 radical (unpaired) electrons. The van der Waals surface area contributed by atoms with Crippen molar-refractivity contribution in [3.8, 4) is 0 Å². The standard InChI is InChI=1S/C15H16F2N4O2S/c1-8(11-5-2-9(16)6-12(11)17)18-13(22)7-24-15-20-19-14(23)21(15)10-3-4-10/h2,5-6,8,10H,3-4,7H2,1H3,(H,18,22)(H,19,23)/t8-/m0/s1. The van der Waals surface area contributed by atoms with E-state index >= 15 is 0 Å². The van der Waals surface area contributed by atoms with E-state index in [2.05, 4.69) is 15.5 Å². The van der Waals surface area contributed by atoms with Gasteiger partial charge in [0.05, 0.1) is 11.8 Å². The molecule has 1 aromatic carbocycles. The van der Waals surface area contributed by atoms with Crippen molar-refractivity contribution in [3.05, 3.63) is 45.9 Å². The van der Waals surface area contributed by atoms with Crippen LogP contribution in [-0.4, -0.2) is 26.4 Å². The predicted molar refractivity (Wildman–Crippen MR) is 84.8 cm³/mol. The van der Waals surface area contributed by atoms with E-state index in [4.69, 9.17) is 0 Å². The van der Waals surface area contributed by atoms with Crippen LogP contribution in [0.1, 0.15) is 37.4 Å². The Morgan fingerprint density at radius 3 is 2.92 bits per heavy atom. The van der Waals surface area contributed by atoms with Crippen LogP contribution in [0.2, 0.25) is 0 Å². The Balaban J connectivity index is 1.59. The van der Waals surface area contributed by atoms with Crippen LogP contribution in [0, 0.1) is 11.6 Å². The Bertz CT molecular complexity index is 816. The zero-order valence-corrected chi connectivity index (χ0v) is 13.7. The molecule has 24 heavy (non-hydrogen) atoms. The average molecular weight is 354 g/mol. The third kappa shape index (κ3) is 3.66. The predicted octanol–water partition coefficient (Wildman–Crippen LogP) is 2.15. The number of hydrogen-bond donors (Lipinski definition) is 2. The van der Waals surface area contributed by atoms with Gasteiger partial charge in [0.25, 0.3) is 0 Å². The van der Waals surface area contributed by atoms with Gasteiger partial charge in [-0.3, -0.25) is 9.36 Å². The third-order valence-electron chi connectivity index (χ3n) is 3.72. The summed E-state index contributed by atoms with van der Waals surface area (Å²) in [5.41, 5.74) is -0.0634. The van der Waals surface area contributed by atoms with Gasteiger partial charge in [-0.25, -0.2) is 18.7 Å². The number of carbonyl (C=O) groups is 1. The number of nitrogens with zero attached hydrogens (tertiary/aromatic N) is 2. The molecule has 2 N–H and O–H groups in total. The Hall–Kier alpha value is -2.16. The van der Waals surface area contributed by atoms with Crippen molar-refractivity contribution in [1.29, 1.82) is 0 Å². The lowest BCUT2D eigenvalue weighted by atomic mass is 10.1. The molecule has 1 aromatic heterocycles. The molecule has 0 spiro atoms. The van der Waals surface area contributed by atoms with Gasteiger partial charge in [0, 0.05) is 17.7 Å². The number of aromatic nitrogens is 3. The minimum Gasteiger partial charge on any atom is -0.349 e. The number of H-pyrrole nitrogens is 1. The Morgan fingerprint density at radius 1 is 1.50 bits per heavy atom. The molecule has 0 aliphatic heterocycles. The first-order valence-electron chi connectivity index (χ1n) is 7.49. The largest absolute Gasteiger partial charge is 0.349 e. The second-order valence-electron chi connectivity index (χ2n) is 5.66. The van der Waals surface area contributed by atoms with E-state index in [0.29, 0.717) is 5.16 Å². The van der Waals surface area contributed by atoms with Gasteiger partial charge < -0.3 is 5.32 Å². The van der Waals surface area contributed by atoms with Gasteiger partial charge in [0.2, 0.25) is 5.91 Å². The van der Waals surface area contributed by atoms with Crippen molar-refractivity contribution >= 4 is 17.7 Å². The number of carbonyl (C=O) groups excluding carboxylic acids is 1. The van der Waals surface area contributed by atoms with Gasteiger partial charge >= 0.3 is 5.69 Å². The Morgan fingerprint density at radius 2 is 2.25 bits per heavy atom. The SMILES string of the molecule is C[C@H](NC(=O)CSc1n[nH]c(=O)n1C1CC1)c1ccc(F)cc1F. The molecule has 3 rings (SSSR count). The van der Waals surface area contributed by atoms with Crippen LogP contribution in [0.5, 0.6) is 0 Å². The van der Waals surface area contributed by atoms with Gasteiger partial charge in [-0.2, -0.15) is 0 Å². The van der Waals surface area contributed by atoms with E-state index < -0.39 is 17.7 Å². The molecular formula is C15H16F2N4O2S. The number of aromatic amines is 1. The van der Waals surface area contributed by atoms with E-state index in [9.17, 15) is 18.4 Å². The van der Waals surface area contributed by atoms with E-state index in [0.717, 1.165) is 36.7 Å². The number of amides is 1. The molecule has 1 atom stereocenters. The highest BCUT2D eigenvalue weighted by molar-refractivity contribution is 7.99. The van der Waals surface area contributed by atoms with E-state index in [1.165, 1.54) is 6.07 Å². The summed E-state index contributed by atoms with van der Waals surface area (Å²) in [4.78, 5) is 23.7. The van der Waals surface area contributed by atoms with Gasteiger partial charge in [-0.1, -0.05) is 17.8 Å². The summed E-state index contributed by atoms with van der Waals surface area (Å²) < 4.78 is 28.2. The summed E-state index contributed by atoms with van der Waals surface area (Å²) in [6.07, 6.45) is 1.86. The van der Waals surface area contributed by atoms with Crippen molar-refractivity contribution in [2.45, 2.75) is 37.0 Å². The summed E-state index contributed by atoms with van der Waals surface area (Å²) in [5, 5.41) is 9.42. The summed E-state index contributed by atoms with van der Waals surface area (Å²) >= 11 is 1.14. The Labute approximate surface area is 140 Å². The number of halogens is 2. The van der Waals surface area contributed by atoms with Gasteiger partial charge in [0.1, 0.15) is 11.6 Å². The van der Waals surface area contributed by atoms with Gasteiger partial charge in [-0.05, 0) is 25.8 Å². The van der Waals surface area contributed by atoms with Crippen molar-refractivity contribution in [3.63, 3.8) is 0 Å². The van der Waals surface area contributed by atoms with E-state index in [-0.39, 0.29) is 29.0 Å².